The lowest BCUT2D eigenvalue weighted by Gasteiger charge is -2.44. The first-order chi connectivity index (χ1) is 9.30. The second-order valence-electron chi connectivity index (χ2n) is 6.94. The van der Waals surface area contributed by atoms with Gasteiger partial charge in [0.2, 0.25) is 0 Å². The molecule has 2 aliphatic heterocycles. The molecule has 2 unspecified atom stereocenters. The van der Waals surface area contributed by atoms with Crippen molar-refractivity contribution in [2.24, 2.45) is 11.8 Å². The molecule has 114 valence electrons. The Hall–Kier alpha value is -1.10. The summed E-state index contributed by atoms with van der Waals surface area (Å²) in [4.78, 5) is 28.4. The zero-order chi connectivity index (χ0) is 14.9. The Balaban J connectivity index is 1.99. The third-order valence-electron chi connectivity index (χ3n) is 3.83. The fourth-order valence-electron chi connectivity index (χ4n) is 3.09. The zero-order valence-corrected chi connectivity index (χ0v) is 13.0. The minimum Gasteiger partial charge on any atom is -0.444 e. The van der Waals surface area contributed by atoms with Crippen LogP contribution >= 0.6 is 0 Å². The third kappa shape index (κ3) is 3.51. The number of hydrogen-bond acceptors (Lipinski definition) is 4. The SMILES string of the molecule is CCCN1CC2CN(C(=O)OC(C)(C)C)CC(C1)C2=O. The van der Waals surface area contributed by atoms with Crippen LogP contribution in [0.3, 0.4) is 0 Å². The van der Waals surface area contributed by atoms with Crippen LogP contribution in [0.15, 0.2) is 0 Å². The van der Waals surface area contributed by atoms with Gasteiger partial charge >= 0.3 is 6.09 Å². The van der Waals surface area contributed by atoms with E-state index in [0.717, 1.165) is 26.1 Å². The quantitative estimate of drug-likeness (QED) is 0.774. The second-order valence-corrected chi connectivity index (χ2v) is 6.94. The molecular weight excluding hydrogens is 256 g/mol. The first kappa shape index (κ1) is 15.3. The Kier molecular flexibility index (Phi) is 4.37. The summed E-state index contributed by atoms with van der Waals surface area (Å²) < 4.78 is 5.41. The average molecular weight is 282 g/mol. The predicted octanol–water partition coefficient (Wildman–Crippen LogP) is 1.76. The molecule has 0 radical (unpaired) electrons. The van der Waals surface area contributed by atoms with Crippen molar-refractivity contribution < 1.29 is 14.3 Å². The molecule has 2 saturated heterocycles. The van der Waals surface area contributed by atoms with Crippen molar-refractivity contribution >= 4 is 11.9 Å². The van der Waals surface area contributed by atoms with Gasteiger partial charge in [0.25, 0.3) is 0 Å². The van der Waals surface area contributed by atoms with Gasteiger partial charge in [-0.2, -0.15) is 0 Å². The van der Waals surface area contributed by atoms with Crippen molar-refractivity contribution in [3.8, 4) is 0 Å². The van der Waals surface area contributed by atoms with E-state index < -0.39 is 5.60 Å². The van der Waals surface area contributed by atoms with E-state index in [2.05, 4.69) is 11.8 Å². The molecule has 0 aliphatic carbocycles. The summed E-state index contributed by atoms with van der Waals surface area (Å²) in [5.41, 5.74) is -0.484. The molecule has 2 aliphatic rings. The van der Waals surface area contributed by atoms with Crippen LogP contribution in [0.1, 0.15) is 34.1 Å². The number of Topliss-reactive ketones (excluding diaryl/α,β-unsaturated/α-hetero) is 1. The van der Waals surface area contributed by atoms with Gasteiger partial charge in [0.05, 0.1) is 0 Å². The van der Waals surface area contributed by atoms with Crippen LogP contribution in [-0.2, 0) is 9.53 Å². The molecule has 2 bridgehead atoms. The van der Waals surface area contributed by atoms with Crippen molar-refractivity contribution in [1.29, 1.82) is 0 Å². The maximum absolute atomic E-state index is 12.2. The number of likely N-dealkylation sites (tertiary alicyclic amines) is 2. The molecule has 0 N–H and O–H groups in total. The molecule has 5 heteroatoms. The van der Waals surface area contributed by atoms with Crippen molar-refractivity contribution in [3.63, 3.8) is 0 Å². The number of carbonyl (C=O) groups excluding carboxylic acids is 2. The van der Waals surface area contributed by atoms with E-state index in [1.165, 1.54) is 0 Å². The molecule has 0 aromatic heterocycles. The molecule has 0 aromatic rings. The van der Waals surface area contributed by atoms with Gasteiger partial charge in [-0.1, -0.05) is 6.92 Å². The normalized spacial score (nSPS) is 27.6. The lowest BCUT2D eigenvalue weighted by Crippen LogP contribution is -2.59. The highest BCUT2D eigenvalue weighted by Crippen LogP contribution is 2.26. The zero-order valence-electron chi connectivity index (χ0n) is 13.0. The highest BCUT2D eigenvalue weighted by molar-refractivity contribution is 5.87. The average Bonchev–Trinajstić information content (AvgIpc) is 2.28. The summed E-state index contributed by atoms with van der Waals surface area (Å²) in [6.07, 6.45) is 0.813. The fourth-order valence-corrected chi connectivity index (χ4v) is 3.09. The third-order valence-corrected chi connectivity index (χ3v) is 3.83. The van der Waals surface area contributed by atoms with Crippen LogP contribution in [0.2, 0.25) is 0 Å². The van der Waals surface area contributed by atoms with Gasteiger partial charge in [-0.15, -0.1) is 0 Å². The summed E-state index contributed by atoms with van der Waals surface area (Å²) in [6, 6.07) is 0. The van der Waals surface area contributed by atoms with Gasteiger partial charge in [0.15, 0.2) is 0 Å². The molecule has 2 rings (SSSR count). The molecule has 0 spiro atoms. The summed E-state index contributed by atoms with van der Waals surface area (Å²) in [5, 5.41) is 0. The number of amides is 1. The highest BCUT2D eigenvalue weighted by atomic mass is 16.6. The standard InChI is InChI=1S/C15H26N2O3/c1-5-6-16-7-11-9-17(10-12(8-16)13(11)18)14(19)20-15(2,3)4/h11-12H,5-10H2,1-4H3. The lowest BCUT2D eigenvalue weighted by molar-refractivity contribution is -0.136. The smallest absolute Gasteiger partial charge is 0.410 e. The highest BCUT2D eigenvalue weighted by Gasteiger charge is 2.43. The molecule has 2 fully saturated rings. The minimum atomic E-state index is -0.484. The van der Waals surface area contributed by atoms with E-state index in [-0.39, 0.29) is 17.9 Å². The topological polar surface area (TPSA) is 49.9 Å². The number of carbonyl (C=O) groups is 2. The molecule has 0 aromatic carbocycles. The summed E-state index contributed by atoms with van der Waals surface area (Å²) in [6.45, 7) is 11.4. The maximum Gasteiger partial charge on any atom is 0.410 e. The lowest BCUT2D eigenvalue weighted by atomic mass is 9.83. The summed E-state index contributed by atoms with van der Waals surface area (Å²) in [7, 11) is 0. The number of ether oxygens (including phenoxy) is 1. The largest absolute Gasteiger partial charge is 0.444 e. The molecule has 20 heavy (non-hydrogen) atoms. The van der Waals surface area contributed by atoms with Gasteiger partial charge in [-0.3, -0.25) is 4.79 Å². The van der Waals surface area contributed by atoms with Crippen LogP contribution in [-0.4, -0.2) is 60.0 Å². The van der Waals surface area contributed by atoms with Crippen molar-refractivity contribution in [3.05, 3.63) is 0 Å². The molecular formula is C15H26N2O3. The Morgan fingerprint density at radius 1 is 1.20 bits per heavy atom. The number of ketones is 1. The van der Waals surface area contributed by atoms with Crippen LogP contribution in [0, 0.1) is 11.8 Å². The first-order valence-electron chi connectivity index (χ1n) is 7.54. The van der Waals surface area contributed by atoms with Crippen molar-refractivity contribution in [2.45, 2.75) is 39.7 Å². The van der Waals surface area contributed by atoms with E-state index in [1.807, 2.05) is 20.8 Å². The molecule has 2 atom stereocenters. The second kappa shape index (κ2) is 5.72. The molecule has 1 amide bonds. The van der Waals surface area contributed by atoms with E-state index >= 15 is 0 Å². The monoisotopic (exact) mass is 282 g/mol. The van der Waals surface area contributed by atoms with E-state index in [0.29, 0.717) is 18.9 Å². The van der Waals surface area contributed by atoms with Crippen molar-refractivity contribution in [1.82, 2.24) is 9.80 Å². The van der Waals surface area contributed by atoms with Gasteiger partial charge in [-0.05, 0) is 33.7 Å². The summed E-state index contributed by atoms with van der Waals surface area (Å²) >= 11 is 0. The van der Waals surface area contributed by atoms with Crippen LogP contribution in [0.4, 0.5) is 4.79 Å². The van der Waals surface area contributed by atoms with Crippen LogP contribution in [0.25, 0.3) is 0 Å². The van der Waals surface area contributed by atoms with Gasteiger partial charge in [0, 0.05) is 38.0 Å². The Labute approximate surface area is 121 Å². The van der Waals surface area contributed by atoms with Crippen LogP contribution in [0.5, 0.6) is 0 Å². The van der Waals surface area contributed by atoms with E-state index in [1.54, 1.807) is 4.90 Å². The fraction of sp³-hybridized carbons (Fsp3) is 0.867. The number of fused-ring (bicyclic) bond motifs is 2. The van der Waals surface area contributed by atoms with E-state index in [9.17, 15) is 9.59 Å². The first-order valence-corrected chi connectivity index (χ1v) is 7.54. The Morgan fingerprint density at radius 2 is 1.75 bits per heavy atom. The van der Waals surface area contributed by atoms with Gasteiger partial charge in [-0.25, -0.2) is 4.79 Å². The number of nitrogens with zero attached hydrogens (tertiary/aromatic N) is 2. The minimum absolute atomic E-state index is 0.0402. The van der Waals surface area contributed by atoms with E-state index in [4.69, 9.17) is 4.74 Å². The van der Waals surface area contributed by atoms with Gasteiger partial charge < -0.3 is 14.5 Å². The van der Waals surface area contributed by atoms with Gasteiger partial charge in [0.1, 0.15) is 11.4 Å². The number of rotatable bonds is 2. The maximum atomic E-state index is 12.2. The number of piperidine rings is 2. The molecule has 2 heterocycles. The Morgan fingerprint density at radius 3 is 2.20 bits per heavy atom. The molecule has 5 nitrogen and oxygen atoms in total. The summed E-state index contributed by atoms with van der Waals surface area (Å²) in [5.74, 6) is 0.250. The molecule has 0 saturated carbocycles. The predicted molar refractivity (Wildman–Crippen MR) is 76.5 cm³/mol. The number of hydrogen-bond donors (Lipinski definition) is 0. The van der Waals surface area contributed by atoms with Crippen LogP contribution < -0.4 is 0 Å². The van der Waals surface area contributed by atoms with Crippen molar-refractivity contribution in [2.75, 3.05) is 32.7 Å². The Bertz CT molecular complexity index is 371.